The molecule has 138 valence electrons. The van der Waals surface area contributed by atoms with Gasteiger partial charge in [-0.3, -0.25) is 9.59 Å². The number of hydrogen-bond acceptors (Lipinski definition) is 6. The molecule has 0 saturated carbocycles. The third kappa shape index (κ3) is 4.55. The van der Waals surface area contributed by atoms with Crippen LogP contribution in [-0.2, 0) is 16.0 Å². The largest absolute Gasteiger partial charge is 0.462 e. The predicted molar refractivity (Wildman–Crippen MR) is 99.5 cm³/mol. The number of rotatable bonds is 6. The van der Waals surface area contributed by atoms with Crippen molar-refractivity contribution in [3.63, 3.8) is 0 Å². The second-order valence-corrected chi connectivity index (χ2v) is 5.73. The first kappa shape index (κ1) is 18.2. The van der Waals surface area contributed by atoms with Crippen LogP contribution in [0.5, 0.6) is 0 Å². The highest BCUT2D eigenvalue weighted by Gasteiger charge is 2.11. The SMILES string of the molecule is CCOC(=O)c1ccnc(NC(=O)CCc2nc3ccccc3[nH]c2=O)c1. The predicted octanol–water partition coefficient (Wildman–Crippen LogP) is 2.07. The van der Waals surface area contributed by atoms with Gasteiger partial charge in [0.2, 0.25) is 5.91 Å². The van der Waals surface area contributed by atoms with Gasteiger partial charge in [-0.1, -0.05) is 12.1 Å². The van der Waals surface area contributed by atoms with Gasteiger partial charge in [0.05, 0.1) is 23.2 Å². The molecule has 0 spiro atoms. The van der Waals surface area contributed by atoms with Crippen molar-refractivity contribution in [1.29, 1.82) is 0 Å². The Hall–Kier alpha value is -3.55. The zero-order valence-electron chi connectivity index (χ0n) is 14.7. The summed E-state index contributed by atoms with van der Waals surface area (Å²) in [6, 6.07) is 10.1. The molecule has 0 aliphatic carbocycles. The standard InChI is InChI=1S/C19H18N4O4/c1-2-27-19(26)12-9-10-20-16(11-12)23-17(24)8-7-15-18(25)22-14-6-4-3-5-13(14)21-15/h3-6,9-11H,2,7-8H2,1H3,(H,22,25)(H,20,23,24). The number of para-hydroxylation sites is 2. The number of anilines is 1. The van der Waals surface area contributed by atoms with Gasteiger partial charge in [-0.25, -0.2) is 14.8 Å². The van der Waals surface area contributed by atoms with E-state index >= 15 is 0 Å². The molecule has 8 nitrogen and oxygen atoms in total. The third-order valence-corrected chi connectivity index (χ3v) is 3.80. The Balaban J connectivity index is 1.65. The fourth-order valence-electron chi connectivity index (χ4n) is 2.51. The van der Waals surface area contributed by atoms with E-state index in [0.717, 1.165) is 0 Å². The van der Waals surface area contributed by atoms with E-state index in [1.807, 2.05) is 12.1 Å². The molecule has 2 N–H and O–H groups in total. The number of carbonyl (C=O) groups is 2. The number of aromatic nitrogens is 3. The smallest absolute Gasteiger partial charge is 0.338 e. The van der Waals surface area contributed by atoms with E-state index in [-0.39, 0.29) is 42.4 Å². The number of aromatic amines is 1. The van der Waals surface area contributed by atoms with Crippen molar-refractivity contribution in [2.45, 2.75) is 19.8 Å². The fourth-order valence-corrected chi connectivity index (χ4v) is 2.51. The highest BCUT2D eigenvalue weighted by atomic mass is 16.5. The Bertz CT molecular complexity index is 1050. The van der Waals surface area contributed by atoms with Gasteiger partial charge in [0.1, 0.15) is 11.5 Å². The van der Waals surface area contributed by atoms with Gasteiger partial charge in [-0.05, 0) is 31.2 Å². The number of nitrogens with one attached hydrogen (secondary N) is 2. The molecule has 0 bridgehead atoms. The lowest BCUT2D eigenvalue weighted by atomic mass is 10.2. The summed E-state index contributed by atoms with van der Waals surface area (Å²) in [5, 5.41) is 2.61. The van der Waals surface area contributed by atoms with Crippen molar-refractivity contribution in [2.75, 3.05) is 11.9 Å². The van der Waals surface area contributed by atoms with Crippen molar-refractivity contribution < 1.29 is 14.3 Å². The average molecular weight is 366 g/mol. The van der Waals surface area contributed by atoms with Crippen LogP contribution in [-0.4, -0.2) is 33.4 Å². The molecule has 0 atom stereocenters. The molecule has 0 fully saturated rings. The Kier molecular flexibility index (Phi) is 5.55. The van der Waals surface area contributed by atoms with E-state index in [9.17, 15) is 14.4 Å². The molecule has 1 amide bonds. The van der Waals surface area contributed by atoms with Gasteiger partial charge in [0.25, 0.3) is 5.56 Å². The number of ether oxygens (including phenoxy) is 1. The Morgan fingerprint density at radius 3 is 2.85 bits per heavy atom. The lowest BCUT2D eigenvalue weighted by Crippen LogP contribution is -2.19. The van der Waals surface area contributed by atoms with E-state index in [1.165, 1.54) is 18.3 Å². The number of nitrogens with zero attached hydrogens (tertiary/aromatic N) is 2. The molecule has 1 aromatic carbocycles. The zero-order valence-corrected chi connectivity index (χ0v) is 14.7. The molecule has 0 aliphatic rings. The molecule has 8 heteroatoms. The monoisotopic (exact) mass is 366 g/mol. The number of carbonyl (C=O) groups excluding carboxylic acids is 2. The topological polar surface area (TPSA) is 114 Å². The molecular weight excluding hydrogens is 348 g/mol. The first-order valence-corrected chi connectivity index (χ1v) is 8.48. The second-order valence-electron chi connectivity index (χ2n) is 5.73. The van der Waals surface area contributed by atoms with Gasteiger partial charge in [0, 0.05) is 19.0 Å². The number of benzene rings is 1. The molecule has 27 heavy (non-hydrogen) atoms. The van der Waals surface area contributed by atoms with Crippen molar-refractivity contribution in [3.8, 4) is 0 Å². The van der Waals surface area contributed by atoms with Crippen molar-refractivity contribution in [2.24, 2.45) is 0 Å². The van der Waals surface area contributed by atoms with E-state index in [0.29, 0.717) is 16.6 Å². The number of pyridine rings is 1. The van der Waals surface area contributed by atoms with Crippen LogP contribution in [0, 0.1) is 0 Å². The lowest BCUT2D eigenvalue weighted by Gasteiger charge is -2.06. The maximum Gasteiger partial charge on any atom is 0.338 e. The minimum atomic E-state index is -0.484. The van der Waals surface area contributed by atoms with Crippen LogP contribution in [0.15, 0.2) is 47.4 Å². The summed E-state index contributed by atoms with van der Waals surface area (Å²) in [5.74, 6) is -0.578. The van der Waals surface area contributed by atoms with Gasteiger partial charge >= 0.3 is 5.97 Å². The summed E-state index contributed by atoms with van der Waals surface area (Å²) in [6.45, 7) is 1.97. The Morgan fingerprint density at radius 1 is 1.22 bits per heavy atom. The number of fused-ring (bicyclic) bond motifs is 1. The Labute approximate surface area is 154 Å². The van der Waals surface area contributed by atoms with E-state index in [2.05, 4.69) is 20.3 Å². The van der Waals surface area contributed by atoms with Crippen molar-refractivity contribution in [3.05, 3.63) is 64.2 Å². The summed E-state index contributed by atoms with van der Waals surface area (Å²) in [5.41, 5.74) is 1.59. The van der Waals surface area contributed by atoms with Gasteiger partial charge < -0.3 is 15.0 Å². The molecule has 0 radical (unpaired) electrons. The average Bonchev–Trinajstić information content (AvgIpc) is 2.66. The number of hydrogen-bond donors (Lipinski definition) is 2. The van der Waals surface area contributed by atoms with E-state index in [1.54, 1.807) is 19.1 Å². The minimum absolute atomic E-state index is 0.0553. The van der Waals surface area contributed by atoms with Gasteiger partial charge in [-0.15, -0.1) is 0 Å². The van der Waals surface area contributed by atoms with Gasteiger partial charge in [0.15, 0.2) is 0 Å². The first-order chi connectivity index (χ1) is 13.1. The van der Waals surface area contributed by atoms with Crippen LogP contribution in [0.4, 0.5) is 5.82 Å². The van der Waals surface area contributed by atoms with Crippen molar-refractivity contribution >= 4 is 28.7 Å². The number of H-pyrrole nitrogens is 1. The number of esters is 1. The summed E-state index contributed by atoms with van der Waals surface area (Å²) in [7, 11) is 0. The normalized spacial score (nSPS) is 10.6. The van der Waals surface area contributed by atoms with Crippen LogP contribution in [0.25, 0.3) is 11.0 Å². The van der Waals surface area contributed by atoms with Crippen LogP contribution in [0.1, 0.15) is 29.4 Å². The van der Waals surface area contributed by atoms with Crippen LogP contribution >= 0.6 is 0 Å². The molecule has 2 aromatic heterocycles. The molecule has 3 aromatic rings. The molecule has 0 aliphatic heterocycles. The van der Waals surface area contributed by atoms with Crippen LogP contribution < -0.4 is 10.9 Å². The Morgan fingerprint density at radius 2 is 2.04 bits per heavy atom. The molecular formula is C19H18N4O4. The highest BCUT2D eigenvalue weighted by molar-refractivity contribution is 5.93. The van der Waals surface area contributed by atoms with Crippen molar-refractivity contribution in [1.82, 2.24) is 15.0 Å². The lowest BCUT2D eigenvalue weighted by molar-refractivity contribution is -0.116. The van der Waals surface area contributed by atoms with Gasteiger partial charge in [-0.2, -0.15) is 0 Å². The molecule has 0 unspecified atom stereocenters. The first-order valence-electron chi connectivity index (χ1n) is 8.48. The quantitative estimate of drug-likeness (QED) is 0.646. The van der Waals surface area contributed by atoms with Crippen LogP contribution in [0.2, 0.25) is 0 Å². The fraction of sp³-hybridized carbons (Fsp3) is 0.211. The summed E-state index contributed by atoms with van der Waals surface area (Å²) >= 11 is 0. The van der Waals surface area contributed by atoms with E-state index in [4.69, 9.17) is 4.74 Å². The summed E-state index contributed by atoms with van der Waals surface area (Å²) < 4.78 is 4.92. The zero-order chi connectivity index (χ0) is 19.2. The molecule has 2 heterocycles. The maximum atomic E-state index is 12.2. The molecule has 3 rings (SSSR count). The van der Waals surface area contributed by atoms with E-state index < -0.39 is 5.97 Å². The number of amides is 1. The molecule has 0 saturated heterocycles. The minimum Gasteiger partial charge on any atom is -0.462 e. The highest BCUT2D eigenvalue weighted by Crippen LogP contribution is 2.10. The van der Waals surface area contributed by atoms with Crippen LogP contribution in [0.3, 0.4) is 0 Å². The number of aryl methyl sites for hydroxylation is 1. The summed E-state index contributed by atoms with van der Waals surface area (Å²) in [4.78, 5) is 47.0. The summed E-state index contributed by atoms with van der Waals surface area (Å²) in [6.07, 6.45) is 1.65. The second kappa shape index (κ2) is 8.22. The maximum absolute atomic E-state index is 12.2. The third-order valence-electron chi connectivity index (χ3n) is 3.80.